The summed E-state index contributed by atoms with van der Waals surface area (Å²) in [6, 6.07) is 8.10. The zero-order valence-corrected chi connectivity index (χ0v) is 10.9. The summed E-state index contributed by atoms with van der Waals surface area (Å²) in [5, 5.41) is 3.21. The third-order valence-corrected chi connectivity index (χ3v) is 3.14. The van der Waals surface area contributed by atoms with Crippen molar-refractivity contribution in [1.29, 1.82) is 0 Å². The van der Waals surface area contributed by atoms with Crippen LogP contribution in [0, 0.1) is 0 Å². The Kier molecular flexibility index (Phi) is 3.44. The van der Waals surface area contributed by atoms with Crippen LogP contribution in [-0.2, 0) is 15.1 Å². The fourth-order valence-electron chi connectivity index (χ4n) is 1.86. The molecule has 0 saturated carbocycles. The van der Waals surface area contributed by atoms with Crippen molar-refractivity contribution in [3.05, 3.63) is 35.9 Å². The number of halogens is 1. The van der Waals surface area contributed by atoms with Gasteiger partial charge in [0.2, 0.25) is 0 Å². The lowest BCUT2D eigenvalue weighted by atomic mass is 9.92. The van der Waals surface area contributed by atoms with Gasteiger partial charge in [0, 0.05) is 0 Å². The van der Waals surface area contributed by atoms with Crippen LogP contribution in [0.25, 0.3) is 0 Å². The molecule has 1 aromatic carbocycles. The normalized spacial score (nSPS) is 22.3. The Morgan fingerprint density at radius 1 is 1.37 bits per heavy atom. The van der Waals surface area contributed by atoms with Gasteiger partial charge in [0.25, 0.3) is 11.8 Å². The highest BCUT2D eigenvalue weighted by Crippen LogP contribution is 2.27. The molecule has 4 amide bonds. The first-order valence-electron chi connectivity index (χ1n) is 5.56. The quantitative estimate of drug-likeness (QED) is 0.633. The van der Waals surface area contributed by atoms with Crippen LogP contribution >= 0.6 is 11.6 Å². The van der Waals surface area contributed by atoms with E-state index in [9.17, 15) is 14.4 Å². The zero-order chi connectivity index (χ0) is 14.0. The summed E-state index contributed by atoms with van der Waals surface area (Å²) in [5.74, 6) is -1.51. The van der Waals surface area contributed by atoms with Gasteiger partial charge in [-0.1, -0.05) is 30.3 Å². The molecule has 1 aliphatic heterocycles. The third-order valence-electron chi connectivity index (χ3n) is 2.90. The Balaban J connectivity index is 2.29. The van der Waals surface area contributed by atoms with Crippen molar-refractivity contribution in [2.24, 2.45) is 0 Å². The molecule has 1 atom stereocenters. The third kappa shape index (κ3) is 2.26. The molecule has 0 unspecified atom stereocenters. The molecule has 2 rings (SSSR count). The highest BCUT2D eigenvalue weighted by atomic mass is 35.5. The molecule has 7 heteroatoms. The topological polar surface area (TPSA) is 78.5 Å². The number of carbonyl (C=O) groups is 3. The van der Waals surface area contributed by atoms with Crippen molar-refractivity contribution in [3.8, 4) is 0 Å². The van der Waals surface area contributed by atoms with Crippen LogP contribution in [0.2, 0.25) is 0 Å². The molecule has 1 aromatic rings. The minimum atomic E-state index is -1.20. The number of benzene rings is 1. The zero-order valence-electron chi connectivity index (χ0n) is 10.1. The van der Waals surface area contributed by atoms with Crippen LogP contribution in [0.4, 0.5) is 4.79 Å². The van der Waals surface area contributed by atoms with E-state index >= 15 is 0 Å². The fraction of sp³-hybridized carbons (Fsp3) is 0.250. The minimum absolute atomic E-state index is 0.334. The molecule has 0 spiro atoms. The van der Waals surface area contributed by atoms with Gasteiger partial charge in [-0.3, -0.25) is 15.0 Å². The van der Waals surface area contributed by atoms with Crippen molar-refractivity contribution in [1.82, 2.24) is 15.8 Å². The van der Waals surface area contributed by atoms with Gasteiger partial charge in [-0.25, -0.2) is 4.79 Å². The van der Waals surface area contributed by atoms with Crippen LogP contribution in [0.5, 0.6) is 0 Å². The number of hydrogen-bond acceptors (Lipinski definition) is 3. The number of alkyl halides is 1. The van der Waals surface area contributed by atoms with E-state index in [4.69, 9.17) is 11.6 Å². The Labute approximate surface area is 114 Å². The van der Waals surface area contributed by atoms with Gasteiger partial charge < -0.3 is 5.32 Å². The van der Waals surface area contributed by atoms with Gasteiger partial charge in [0.05, 0.1) is 0 Å². The van der Waals surface area contributed by atoms with Gasteiger partial charge in [0.1, 0.15) is 11.4 Å². The van der Waals surface area contributed by atoms with Gasteiger partial charge in [-0.05, 0) is 12.5 Å². The maximum absolute atomic E-state index is 12.3. The lowest BCUT2D eigenvalue weighted by molar-refractivity contribution is -0.138. The molecule has 100 valence electrons. The van der Waals surface area contributed by atoms with Crippen molar-refractivity contribution in [2.75, 3.05) is 5.88 Å². The number of imide groups is 1. The van der Waals surface area contributed by atoms with E-state index in [1.807, 2.05) is 0 Å². The first kappa shape index (κ1) is 13.4. The SMILES string of the molecule is C[C@]1(c2ccccc2)NC(=O)N(NC(=O)CCl)C1=O. The second kappa shape index (κ2) is 4.89. The number of hydrazine groups is 1. The van der Waals surface area contributed by atoms with E-state index in [1.54, 1.807) is 37.3 Å². The largest absolute Gasteiger partial charge is 0.344 e. The summed E-state index contributed by atoms with van der Waals surface area (Å²) in [6.45, 7) is 1.58. The predicted molar refractivity (Wildman–Crippen MR) is 68.0 cm³/mol. The van der Waals surface area contributed by atoms with E-state index in [0.29, 0.717) is 10.6 Å². The summed E-state index contributed by atoms with van der Waals surface area (Å²) in [7, 11) is 0. The molecular formula is C12H12ClN3O3. The fourth-order valence-corrected chi connectivity index (χ4v) is 1.92. The highest BCUT2D eigenvalue weighted by molar-refractivity contribution is 6.27. The smallest absolute Gasteiger partial charge is 0.318 e. The monoisotopic (exact) mass is 281 g/mol. The summed E-state index contributed by atoms with van der Waals surface area (Å²) in [6.07, 6.45) is 0. The van der Waals surface area contributed by atoms with Crippen LogP contribution in [0.3, 0.4) is 0 Å². The molecule has 2 N–H and O–H groups in total. The van der Waals surface area contributed by atoms with E-state index < -0.39 is 23.4 Å². The average molecular weight is 282 g/mol. The van der Waals surface area contributed by atoms with Gasteiger partial charge >= 0.3 is 6.03 Å². The Bertz CT molecular complexity index is 534. The first-order chi connectivity index (χ1) is 8.99. The maximum Gasteiger partial charge on any atom is 0.344 e. The molecule has 1 fully saturated rings. The summed E-state index contributed by atoms with van der Waals surface area (Å²) < 4.78 is 0. The van der Waals surface area contributed by atoms with Crippen LogP contribution in [0.1, 0.15) is 12.5 Å². The van der Waals surface area contributed by atoms with Crippen LogP contribution in [-0.4, -0.2) is 28.7 Å². The number of nitrogens with zero attached hydrogens (tertiary/aromatic N) is 1. The van der Waals surface area contributed by atoms with Crippen LogP contribution < -0.4 is 10.7 Å². The Hall–Kier alpha value is -2.08. The Morgan fingerprint density at radius 3 is 2.58 bits per heavy atom. The molecular weight excluding hydrogens is 270 g/mol. The number of rotatable bonds is 3. The molecule has 6 nitrogen and oxygen atoms in total. The van der Waals surface area contributed by atoms with Crippen molar-refractivity contribution in [3.63, 3.8) is 0 Å². The first-order valence-corrected chi connectivity index (χ1v) is 6.10. The van der Waals surface area contributed by atoms with Gasteiger partial charge in [-0.2, -0.15) is 5.01 Å². The second-order valence-corrected chi connectivity index (χ2v) is 4.50. The number of carbonyl (C=O) groups excluding carboxylic acids is 3. The van der Waals surface area contributed by atoms with Crippen molar-refractivity contribution in [2.45, 2.75) is 12.5 Å². The molecule has 0 radical (unpaired) electrons. The second-order valence-electron chi connectivity index (χ2n) is 4.23. The number of nitrogens with one attached hydrogen (secondary N) is 2. The van der Waals surface area contributed by atoms with E-state index in [-0.39, 0.29) is 5.88 Å². The summed E-state index contributed by atoms with van der Waals surface area (Å²) in [4.78, 5) is 35.2. The molecule has 1 aliphatic rings. The van der Waals surface area contributed by atoms with Crippen molar-refractivity contribution < 1.29 is 14.4 Å². The number of hydrogen-bond donors (Lipinski definition) is 2. The highest BCUT2D eigenvalue weighted by Gasteiger charge is 2.49. The molecule has 1 heterocycles. The van der Waals surface area contributed by atoms with E-state index in [1.165, 1.54) is 0 Å². The van der Waals surface area contributed by atoms with E-state index in [0.717, 1.165) is 0 Å². The molecule has 0 bridgehead atoms. The predicted octanol–water partition coefficient (Wildman–Crippen LogP) is 0.724. The number of amides is 4. The number of urea groups is 1. The summed E-state index contributed by atoms with van der Waals surface area (Å²) >= 11 is 5.33. The van der Waals surface area contributed by atoms with E-state index in [2.05, 4.69) is 10.7 Å². The lowest BCUT2D eigenvalue weighted by Crippen LogP contribution is -2.48. The van der Waals surface area contributed by atoms with Crippen LogP contribution in [0.15, 0.2) is 30.3 Å². The standard InChI is InChI=1S/C12H12ClN3O3/c1-12(8-5-3-2-4-6-8)10(18)16(11(19)14-12)15-9(17)7-13/h2-6H,7H2,1H3,(H,14,19)(H,15,17)/t12-/m1/s1. The van der Waals surface area contributed by atoms with Gasteiger partial charge in [0.15, 0.2) is 0 Å². The summed E-state index contributed by atoms with van der Waals surface area (Å²) in [5.41, 5.74) is 1.59. The Morgan fingerprint density at radius 2 is 2.00 bits per heavy atom. The van der Waals surface area contributed by atoms with Crippen molar-refractivity contribution >= 4 is 29.4 Å². The van der Waals surface area contributed by atoms with Gasteiger partial charge in [-0.15, -0.1) is 11.6 Å². The molecule has 19 heavy (non-hydrogen) atoms. The molecule has 0 aliphatic carbocycles. The molecule has 0 aromatic heterocycles. The molecule has 1 saturated heterocycles. The lowest BCUT2D eigenvalue weighted by Gasteiger charge is -2.21. The minimum Gasteiger partial charge on any atom is -0.318 e. The average Bonchev–Trinajstić information content (AvgIpc) is 2.64. The maximum atomic E-state index is 12.3.